The number of aliphatic hydroxyl groups excluding tert-OH is 2. The van der Waals surface area contributed by atoms with Gasteiger partial charge >= 0.3 is 5.97 Å². The third-order valence-electron chi connectivity index (χ3n) is 16.8. The Morgan fingerprint density at radius 2 is 0.617 bits per heavy atom. The van der Waals surface area contributed by atoms with E-state index in [9.17, 15) is 19.8 Å². The number of hydrogen-bond acceptors (Lipinski definition) is 5. The molecule has 0 fully saturated rings. The molecule has 0 radical (unpaired) electrons. The van der Waals surface area contributed by atoms with Crippen LogP contribution in [0, 0.1) is 0 Å². The Bertz CT molecular complexity index is 1360. The minimum absolute atomic E-state index is 0.00350. The molecule has 476 valence electrons. The molecule has 0 saturated heterocycles. The maximum Gasteiger partial charge on any atom is 0.305 e. The molecular weight excluding hydrogens is 995 g/mol. The molecule has 0 aliphatic carbocycles. The number of amides is 1. The Morgan fingerprint density at radius 3 is 0.963 bits per heavy atom. The molecule has 2 atom stereocenters. The zero-order chi connectivity index (χ0) is 58.5. The van der Waals surface area contributed by atoms with Gasteiger partial charge in [-0.25, -0.2) is 0 Å². The molecule has 0 rings (SSSR count). The summed E-state index contributed by atoms with van der Waals surface area (Å²) in [6.07, 6.45) is 92.0. The summed E-state index contributed by atoms with van der Waals surface area (Å²) in [6.45, 7) is 4.91. The second-order valence-corrected chi connectivity index (χ2v) is 24.9. The fourth-order valence-electron chi connectivity index (χ4n) is 11.3. The second-order valence-electron chi connectivity index (χ2n) is 24.9. The summed E-state index contributed by atoms with van der Waals surface area (Å²) in [5.74, 6) is -0.0603. The number of allylic oxidation sites excluding steroid dienone is 7. The lowest BCUT2D eigenvalue weighted by molar-refractivity contribution is -0.143. The molecule has 2 unspecified atom stereocenters. The van der Waals surface area contributed by atoms with Crippen LogP contribution in [-0.4, -0.2) is 47.4 Å². The molecule has 81 heavy (non-hydrogen) atoms. The fraction of sp³-hybridized carbons (Fsp3) is 0.867. The Morgan fingerprint density at radius 1 is 0.346 bits per heavy atom. The van der Waals surface area contributed by atoms with E-state index in [1.165, 1.54) is 315 Å². The molecular formula is C75H141NO5. The predicted molar refractivity (Wildman–Crippen MR) is 356 cm³/mol. The average molecular weight is 1140 g/mol. The number of unbranched alkanes of at least 4 members (excludes halogenated alkanes) is 51. The highest BCUT2D eigenvalue weighted by atomic mass is 16.5. The third kappa shape index (κ3) is 66.8. The van der Waals surface area contributed by atoms with Crippen LogP contribution in [0.15, 0.2) is 48.6 Å². The second kappa shape index (κ2) is 70.3. The van der Waals surface area contributed by atoms with Crippen LogP contribution in [0.5, 0.6) is 0 Å². The summed E-state index contributed by atoms with van der Waals surface area (Å²) >= 11 is 0. The standard InChI is InChI=1S/C75H141NO5/c1-3-5-7-9-11-13-15-17-19-21-36-39-43-47-51-55-59-63-67-73(78)72(71-77)76-74(79)68-64-60-56-52-48-44-40-37-34-32-30-28-26-24-22-23-25-27-29-31-33-35-38-42-46-50-54-58-62-66-70-81-75(80)69-65-61-57-53-49-45-41-20-18-16-14-12-10-8-6-4-2/h14,16,20,23,25,41,63,67,72-73,77-78H,3-13,15,17-19,21-22,24,26-40,42-62,64-66,68-71H2,1-2H3,(H,76,79)/b16-14-,25-23-,41-20-,67-63+. The topological polar surface area (TPSA) is 95.9 Å². The first-order chi connectivity index (χ1) is 40.0. The molecule has 0 aliphatic rings. The van der Waals surface area contributed by atoms with E-state index in [-0.39, 0.29) is 18.5 Å². The van der Waals surface area contributed by atoms with Crippen molar-refractivity contribution < 1.29 is 24.5 Å². The molecule has 3 N–H and O–H groups in total. The summed E-state index contributed by atoms with van der Waals surface area (Å²) in [6, 6.07) is -0.628. The van der Waals surface area contributed by atoms with Crippen molar-refractivity contribution in [1.82, 2.24) is 5.32 Å². The quantitative estimate of drug-likeness (QED) is 0.0320. The molecule has 1 amide bonds. The summed E-state index contributed by atoms with van der Waals surface area (Å²) in [5.41, 5.74) is 0. The summed E-state index contributed by atoms with van der Waals surface area (Å²) in [5, 5.41) is 23.2. The zero-order valence-corrected chi connectivity index (χ0v) is 54.5. The van der Waals surface area contributed by atoms with E-state index < -0.39 is 12.1 Å². The number of hydrogen-bond donors (Lipinski definition) is 3. The van der Waals surface area contributed by atoms with Crippen molar-refractivity contribution in [3.05, 3.63) is 48.6 Å². The van der Waals surface area contributed by atoms with Gasteiger partial charge in [0.2, 0.25) is 5.91 Å². The van der Waals surface area contributed by atoms with Gasteiger partial charge < -0.3 is 20.3 Å². The van der Waals surface area contributed by atoms with Crippen LogP contribution >= 0.6 is 0 Å². The molecule has 0 aliphatic heterocycles. The number of carbonyl (C=O) groups excluding carboxylic acids is 2. The van der Waals surface area contributed by atoms with E-state index in [0.29, 0.717) is 19.4 Å². The van der Waals surface area contributed by atoms with E-state index in [1.54, 1.807) is 6.08 Å². The Kier molecular flexibility index (Phi) is 68.4. The van der Waals surface area contributed by atoms with Gasteiger partial charge in [-0.3, -0.25) is 9.59 Å². The van der Waals surface area contributed by atoms with Crippen LogP contribution in [0.3, 0.4) is 0 Å². The number of carbonyl (C=O) groups is 2. The summed E-state index contributed by atoms with van der Waals surface area (Å²) < 4.78 is 5.49. The Labute approximate surface area is 506 Å². The average Bonchev–Trinajstić information content (AvgIpc) is 3.47. The number of ether oxygens (including phenoxy) is 1. The first-order valence-corrected chi connectivity index (χ1v) is 36.4. The van der Waals surface area contributed by atoms with Crippen LogP contribution in [0.2, 0.25) is 0 Å². The zero-order valence-electron chi connectivity index (χ0n) is 54.5. The van der Waals surface area contributed by atoms with Crippen molar-refractivity contribution in [2.45, 2.75) is 405 Å². The molecule has 0 aromatic carbocycles. The highest BCUT2D eigenvalue weighted by Crippen LogP contribution is 2.18. The monoisotopic (exact) mass is 1140 g/mol. The van der Waals surface area contributed by atoms with Crippen LogP contribution in [0.1, 0.15) is 393 Å². The van der Waals surface area contributed by atoms with Crippen LogP contribution in [-0.2, 0) is 14.3 Å². The SMILES string of the molecule is CCCCCC/C=C\C/C=C\CCCCCCCC(=O)OCCCCCCCCCCCCCC/C=C\CCCCCCCCCCCCCCCCC(=O)NC(CO)C(O)/C=C/CCCCCCCCCCCCCCCCCC. The number of esters is 1. The van der Waals surface area contributed by atoms with E-state index in [4.69, 9.17) is 4.74 Å². The van der Waals surface area contributed by atoms with Gasteiger partial charge in [0.05, 0.1) is 25.4 Å². The third-order valence-corrected chi connectivity index (χ3v) is 16.8. The molecule has 0 aromatic rings. The fourth-order valence-corrected chi connectivity index (χ4v) is 11.3. The smallest absolute Gasteiger partial charge is 0.305 e. The lowest BCUT2D eigenvalue weighted by Crippen LogP contribution is -2.45. The van der Waals surface area contributed by atoms with Crippen molar-refractivity contribution >= 4 is 11.9 Å². The lowest BCUT2D eigenvalue weighted by Gasteiger charge is -2.20. The minimum atomic E-state index is -0.845. The van der Waals surface area contributed by atoms with Crippen molar-refractivity contribution in [2.75, 3.05) is 13.2 Å². The van der Waals surface area contributed by atoms with Gasteiger partial charge in [-0.1, -0.05) is 339 Å². The van der Waals surface area contributed by atoms with Gasteiger partial charge in [0.1, 0.15) is 0 Å². The highest BCUT2D eigenvalue weighted by molar-refractivity contribution is 5.76. The highest BCUT2D eigenvalue weighted by Gasteiger charge is 2.18. The summed E-state index contributed by atoms with van der Waals surface area (Å²) in [4.78, 5) is 24.6. The van der Waals surface area contributed by atoms with Crippen LogP contribution in [0.4, 0.5) is 0 Å². The van der Waals surface area contributed by atoms with Gasteiger partial charge in [0.25, 0.3) is 0 Å². The van der Waals surface area contributed by atoms with Gasteiger partial charge in [0.15, 0.2) is 0 Å². The van der Waals surface area contributed by atoms with E-state index in [2.05, 4.69) is 55.6 Å². The first kappa shape index (κ1) is 78.8. The minimum Gasteiger partial charge on any atom is -0.466 e. The molecule has 6 heteroatoms. The maximum atomic E-state index is 12.5. The summed E-state index contributed by atoms with van der Waals surface area (Å²) in [7, 11) is 0. The van der Waals surface area contributed by atoms with E-state index >= 15 is 0 Å². The number of nitrogens with one attached hydrogen (secondary N) is 1. The number of rotatable bonds is 68. The molecule has 0 saturated carbocycles. The Balaban J connectivity index is 3.39. The van der Waals surface area contributed by atoms with Gasteiger partial charge in [0, 0.05) is 12.8 Å². The van der Waals surface area contributed by atoms with Crippen molar-refractivity contribution in [2.24, 2.45) is 0 Å². The molecule has 0 aromatic heterocycles. The molecule has 0 bridgehead atoms. The van der Waals surface area contributed by atoms with E-state index in [0.717, 1.165) is 51.4 Å². The van der Waals surface area contributed by atoms with Crippen LogP contribution < -0.4 is 5.32 Å². The van der Waals surface area contributed by atoms with Crippen molar-refractivity contribution in [3.8, 4) is 0 Å². The molecule has 6 nitrogen and oxygen atoms in total. The van der Waals surface area contributed by atoms with Gasteiger partial charge in [-0.15, -0.1) is 0 Å². The Hall–Kier alpha value is -2.18. The predicted octanol–water partition coefficient (Wildman–Crippen LogP) is 23.6. The largest absolute Gasteiger partial charge is 0.466 e. The molecule has 0 spiro atoms. The van der Waals surface area contributed by atoms with E-state index in [1.807, 2.05) is 6.08 Å². The number of aliphatic hydroxyl groups is 2. The lowest BCUT2D eigenvalue weighted by atomic mass is 10.0. The van der Waals surface area contributed by atoms with Gasteiger partial charge in [-0.05, 0) is 89.9 Å². The van der Waals surface area contributed by atoms with Crippen molar-refractivity contribution in [3.63, 3.8) is 0 Å². The first-order valence-electron chi connectivity index (χ1n) is 36.4. The normalized spacial score (nSPS) is 12.8. The molecule has 0 heterocycles. The van der Waals surface area contributed by atoms with Crippen LogP contribution in [0.25, 0.3) is 0 Å². The van der Waals surface area contributed by atoms with Gasteiger partial charge in [-0.2, -0.15) is 0 Å². The maximum absolute atomic E-state index is 12.5. The van der Waals surface area contributed by atoms with Crippen molar-refractivity contribution in [1.29, 1.82) is 0 Å².